The van der Waals surface area contributed by atoms with Crippen LogP contribution in [-0.2, 0) is 17.6 Å². The topological polar surface area (TPSA) is 33.2 Å². The van der Waals surface area contributed by atoms with Crippen molar-refractivity contribution in [1.82, 2.24) is 9.88 Å². The second-order valence-electron chi connectivity index (χ2n) is 5.56. The van der Waals surface area contributed by atoms with E-state index >= 15 is 0 Å². The first-order chi connectivity index (χ1) is 8.54. The summed E-state index contributed by atoms with van der Waals surface area (Å²) in [5.41, 5.74) is 0.946. The van der Waals surface area contributed by atoms with Crippen LogP contribution in [0.1, 0.15) is 37.9 Å². The molecule has 0 aromatic carbocycles. The minimum absolute atomic E-state index is 0.193. The molecule has 0 saturated carbocycles. The second kappa shape index (κ2) is 5.93. The fourth-order valence-corrected chi connectivity index (χ4v) is 3.43. The minimum atomic E-state index is 0.193. The highest BCUT2D eigenvalue weighted by molar-refractivity contribution is 7.09. The zero-order chi connectivity index (χ0) is 13.1. The summed E-state index contributed by atoms with van der Waals surface area (Å²) in [6.45, 7) is 8.55. The standard InChI is InChI=1S/C14H22N2OS/c1-10(2)16-5-4-12(8-16)7-14-15-13(9-18-14)6-11(3)17/h9-10,12H,4-8H2,1-3H3. The fourth-order valence-electron chi connectivity index (χ4n) is 2.52. The third-order valence-electron chi connectivity index (χ3n) is 3.54. The second-order valence-corrected chi connectivity index (χ2v) is 6.50. The molecule has 0 N–H and O–H groups in total. The van der Waals surface area contributed by atoms with Gasteiger partial charge in [0.1, 0.15) is 5.78 Å². The van der Waals surface area contributed by atoms with E-state index in [2.05, 4.69) is 23.7 Å². The molecule has 1 aromatic rings. The predicted molar refractivity (Wildman–Crippen MR) is 75.0 cm³/mol. The van der Waals surface area contributed by atoms with Crippen LogP contribution in [0.2, 0.25) is 0 Å². The lowest BCUT2D eigenvalue weighted by molar-refractivity contribution is -0.116. The van der Waals surface area contributed by atoms with Gasteiger partial charge in [-0.3, -0.25) is 4.79 Å². The van der Waals surface area contributed by atoms with Gasteiger partial charge in [-0.2, -0.15) is 0 Å². The summed E-state index contributed by atoms with van der Waals surface area (Å²) in [7, 11) is 0. The van der Waals surface area contributed by atoms with Crippen LogP contribution in [0.4, 0.5) is 0 Å². The highest BCUT2D eigenvalue weighted by atomic mass is 32.1. The summed E-state index contributed by atoms with van der Waals surface area (Å²) in [4.78, 5) is 18.1. The van der Waals surface area contributed by atoms with Gasteiger partial charge in [0, 0.05) is 30.8 Å². The lowest BCUT2D eigenvalue weighted by Gasteiger charge is -2.19. The first-order valence-electron chi connectivity index (χ1n) is 6.71. The summed E-state index contributed by atoms with van der Waals surface area (Å²) in [6, 6.07) is 0.652. The number of carbonyl (C=O) groups is 1. The zero-order valence-electron chi connectivity index (χ0n) is 11.5. The van der Waals surface area contributed by atoms with Crippen molar-refractivity contribution >= 4 is 17.1 Å². The third-order valence-corrected chi connectivity index (χ3v) is 4.46. The highest BCUT2D eigenvalue weighted by Gasteiger charge is 2.25. The summed E-state index contributed by atoms with van der Waals surface area (Å²) in [5, 5.41) is 3.23. The van der Waals surface area contributed by atoms with E-state index in [9.17, 15) is 4.79 Å². The van der Waals surface area contributed by atoms with Gasteiger partial charge >= 0.3 is 0 Å². The molecule has 100 valence electrons. The van der Waals surface area contributed by atoms with Gasteiger partial charge in [-0.1, -0.05) is 0 Å². The maximum absolute atomic E-state index is 11.0. The summed E-state index contributed by atoms with van der Waals surface area (Å²) < 4.78 is 0. The van der Waals surface area contributed by atoms with E-state index in [0.717, 1.165) is 18.0 Å². The molecule has 1 saturated heterocycles. The molecule has 1 aliphatic heterocycles. The lowest BCUT2D eigenvalue weighted by Crippen LogP contribution is -2.28. The molecule has 0 spiro atoms. The number of hydrogen-bond donors (Lipinski definition) is 0. The molecule has 1 aromatic heterocycles. The Morgan fingerprint density at radius 1 is 1.61 bits per heavy atom. The predicted octanol–water partition coefficient (Wildman–Crippen LogP) is 2.55. The van der Waals surface area contributed by atoms with Crippen LogP contribution in [0.3, 0.4) is 0 Å². The molecule has 1 aliphatic rings. The molecule has 0 radical (unpaired) electrons. The van der Waals surface area contributed by atoms with Gasteiger partial charge in [0.25, 0.3) is 0 Å². The van der Waals surface area contributed by atoms with E-state index in [4.69, 9.17) is 0 Å². The zero-order valence-corrected chi connectivity index (χ0v) is 12.3. The average molecular weight is 266 g/mol. The first kappa shape index (κ1) is 13.7. The van der Waals surface area contributed by atoms with Gasteiger partial charge in [-0.15, -0.1) is 11.3 Å². The molecule has 0 amide bonds. The molecule has 3 nitrogen and oxygen atoms in total. The van der Waals surface area contributed by atoms with E-state index in [1.807, 2.05) is 5.38 Å². The van der Waals surface area contributed by atoms with Crippen LogP contribution >= 0.6 is 11.3 Å². The molecule has 0 aliphatic carbocycles. The Morgan fingerprint density at radius 3 is 3.00 bits per heavy atom. The normalized spacial score (nSPS) is 20.8. The van der Waals surface area contributed by atoms with Crippen LogP contribution in [0.15, 0.2) is 5.38 Å². The first-order valence-corrected chi connectivity index (χ1v) is 7.59. The van der Waals surface area contributed by atoms with Gasteiger partial charge < -0.3 is 4.90 Å². The minimum Gasteiger partial charge on any atom is -0.301 e. The average Bonchev–Trinajstić information content (AvgIpc) is 2.88. The van der Waals surface area contributed by atoms with Crippen molar-refractivity contribution in [3.8, 4) is 0 Å². The van der Waals surface area contributed by atoms with E-state index in [-0.39, 0.29) is 5.78 Å². The van der Waals surface area contributed by atoms with Gasteiger partial charge in [0.2, 0.25) is 0 Å². The molecule has 2 heterocycles. The molecule has 1 fully saturated rings. The number of Topliss-reactive ketones (excluding diaryl/α,β-unsaturated/α-hetero) is 1. The monoisotopic (exact) mass is 266 g/mol. The van der Waals surface area contributed by atoms with Crippen LogP contribution in [-0.4, -0.2) is 34.8 Å². The number of carbonyl (C=O) groups excluding carboxylic acids is 1. The van der Waals surface area contributed by atoms with Crippen molar-refractivity contribution < 1.29 is 4.79 Å². The van der Waals surface area contributed by atoms with Crippen molar-refractivity contribution in [3.63, 3.8) is 0 Å². The van der Waals surface area contributed by atoms with Crippen LogP contribution < -0.4 is 0 Å². The van der Waals surface area contributed by atoms with Crippen molar-refractivity contribution in [2.24, 2.45) is 5.92 Å². The van der Waals surface area contributed by atoms with Crippen molar-refractivity contribution in [1.29, 1.82) is 0 Å². The molecule has 4 heteroatoms. The number of nitrogens with zero attached hydrogens (tertiary/aromatic N) is 2. The Bertz CT molecular complexity index is 414. The van der Waals surface area contributed by atoms with Crippen LogP contribution in [0.25, 0.3) is 0 Å². The van der Waals surface area contributed by atoms with E-state index in [0.29, 0.717) is 12.5 Å². The number of likely N-dealkylation sites (tertiary alicyclic amines) is 1. The summed E-state index contributed by atoms with van der Waals surface area (Å²) in [5.74, 6) is 0.933. The smallest absolute Gasteiger partial charge is 0.135 e. The van der Waals surface area contributed by atoms with Gasteiger partial charge in [-0.05, 0) is 39.7 Å². The molecule has 0 bridgehead atoms. The lowest BCUT2D eigenvalue weighted by atomic mass is 10.1. The van der Waals surface area contributed by atoms with Crippen LogP contribution in [0, 0.1) is 5.92 Å². The van der Waals surface area contributed by atoms with Crippen molar-refractivity contribution in [2.45, 2.75) is 46.1 Å². The number of thiazole rings is 1. The molecular weight excluding hydrogens is 244 g/mol. The highest BCUT2D eigenvalue weighted by Crippen LogP contribution is 2.24. The Hall–Kier alpha value is -0.740. The van der Waals surface area contributed by atoms with Gasteiger partial charge in [-0.25, -0.2) is 4.98 Å². The Balaban J connectivity index is 1.87. The number of aromatic nitrogens is 1. The molecule has 1 unspecified atom stereocenters. The van der Waals surface area contributed by atoms with E-state index < -0.39 is 0 Å². The maximum atomic E-state index is 11.0. The number of ketones is 1. The molecule has 18 heavy (non-hydrogen) atoms. The SMILES string of the molecule is CC(=O)Cc1csc(CC2CCN(C(C)C)C2)n1. The van der Waals surface area contributed by atoms with Gasteiger partial charge in [0.05, 0.1) is 10.7 Å². The van der Waals surface area contributed by atoms with Crippen LogP contribution in [0.5, 0.6) is 0 Å². The van der Waals surface area contributed by atoms with E-state index in [1.165, 1.54) is 24.5 Å². The quantitative estimate of drug-likeness (QED) is 0.821. The Labute approximate surface area is 113 Å². The van der Waals surface area contributed by atoms with E-state index in [1.54, 1.807) is 18.3 Å². The largest absolute Gasteiger partial charge is 0.301 e. The van der Waals surface area contributed by atoms with Crippen molar-refractivity contribution in [2.75, 3.05) is 13.1 Å². The number of rotatable bonds is 5. The number of hydrogen-bond acceptors (Lipinski definition) is 4. The maximum Gasteiger partial charge on any atom is 0.135 e. The molecular formula is C14H22N2OS. The summed E-state index contributed by atoms with van der Waals surface area (Å²) >= 11 is 1.71. The van der Waals surface area contributed by atoms with Crippen molar-refractivity contribution in [3.05, 3.63) is 16.1 Å². The Morgan fingerprint density at radius 2 is 2.39 bits per heavy atom. The third kappa shape index (κ3) is 3.62. The molecule has 1 atom stereocenters. The molecule has 2 rings (SSSR count). The van der Waals surface area contributed by atoms with Gasteiger partial charge in [0.15, 0.2) is 0 Å². The summed E-state index contributed by atoms with van der Waals surface area (Å²) in [6.07, 6.45) is 2.84. The fraction of sp³-hybridized carbons (Fsp3) is 0.714. The Kier molecular flexibility index (Phi) is 4.51.